The first-order chi connectivity index (χ1) is 7.75. The van der Waals surface area contributed by atoms with E-state index in [9.17, 15) is 4.79 Å². The molecule has 2 rings (SSSR count). The molecule has 0 radical (unpaired) electrons. The Bertz CT molecular complexity index is 345. The first kappa shape index (κ1) is 17.2. The molecule has 1 atom stereocenters. The maximum absolute atomic E-state index is 11.9. The van der Waals surface area contributed by atoms with Crippen molar-refractivity contribution in [3.05, 3.63) is 18.7 Å². The van der Waals surface area contributed by atoms with Crippen LogP contribution in [0.3, 0.4) is 0 Å². The van der Waals surface area contributed by atoms with Gasteiger partial charge in [0.25, 0.3) is 0 Å². The van der Waals surface area contributed by atoms with Gasteiger partial charge in [-0.3, -0.25) is 4.79 Å². The minimum atomic E-state index is 0. The summed E-state index contributed by atoms with van der Waals surface area (Å²) in [6.07, 6.45) is 7.91. The number of imidazole rings is 1. The van der Waals surface area contributed by atoms with E-state index in [-0.39, 0.29) is 36.8 Å². The standard InChI is InChI=1S/C11H18N4O.2ClH/c12-10-2-1-5-15(8-10)11(16)3-6-14-7-4-13-9-14;;/h4,7,9-10H,1-3,5-6,8,12H2;2*1H. The fourth-order valence-electron chi connectivity index (χ4n) is 2.04. The van der Waals surface area contributed by atoms with Crippen LogP contribution < -0.4 is 5.73 Å². The van der Waals surface area contributed by atoms with E-state index in [2.05, 4.69) is 4.98 Å². The van der Waals surface area contributed by atoms with Crippen LogP contribution in [0.2, 0.25) is 0 Å². The Labute approximate surface area is 120 Å². The van der Waals surface area contributed by atoms with Gasteiger partial charge in [0.1, 0.15) is 0 Å². The minimum Gasteiger partial charge on any atom is -0.341 e. The molecule has 7 heteroatoms. The summed E-state index contributed by atoms with van der Waals surface area (Å²) in [4.78, 5) is 17.7. The second-order valence-electron chi connectivity index (χ2n) is 4.29. The lowest BCUT2D eigenvalue weighted by Crippen LogP contribution is -2.45. The number of rotatable bonds is 3. The third kappa shape index (κ3) is 4.84. The van der Waals surface area contributed by atoms with Crippen molar-refractivity contribution in [2.24, 2.45) is 5.73 Å². The molecule has 0 aromatic carbocycles. The van der Waals surface area contributed by atoms with E-state index in [1.807, 2.05) is 15.7 Å². The van der Waals surface area contributed by atoms with Gasteiger partial charge in [-0.1, -0.05) is 0 Å². The number of amides is 1. The fraction of sp³-hybridized carbons (Fsp3) is 0.636. The fourth-order valence-corrected chi connectivity index (χ4v) is 2.04. The molecular formula is C11H20Cl2N4O. The zero-order valence-electron chi connectivity index (χ0n) is 10.2. The Hall–Kier alpha value is -0.780. The highest BCUT2D eigenvalue weighted by atomic mass is 35.5. The van der Waals surface area contributed by atoms with Crippen molar-refractivity contribution in [3.8, 4) is 0 Å². The van der Waals surface area contributed by atoms with Gasteiger partial charge in [0.05, 0.1) is 6.33 Å². The zero-order chi connectivity index (χ0) is 11.4. The molecule has 1 aliphatic heterocycles. The van der Waals surface area contributed by atoms with Gasteiger partial charge in [-0.2, -0.15) is 0 Å². The highest BCUT2D eigenvalue weighted by Gasteiger charge is 2.20. The van der Waals surface area contributed by atoms with Crippen LogP contribution in [0.1, 0.15) is 19.3 Å². The van der Waals surface area contributed by atoms with Gasteiger partial charge in [0.2, 0.25) is 5.91 Å². The topological polar surface area (TPSA) is 64.2 Å². The lowest BCUT2D eigenvalue weighted by atomic mass is 10.1. The average molecular weight is 295 g/mol. The third-order valence-electron chi connectivity index (χ3n) is 2.95. The Morgan fingerprint density at radius 2 is 2.22 bits per heavy atom. The predicted octanol–water partition coefficient (Wildman–Crippen LogP) is 1.07. The molecule has 0 aliphatic carbocycles. The molecule has 1 aromatic rings. The summed E-state index contributed by atoms with van der Waals surface area (Å²) in [7, 11) is 0. The van der Waals surface area contributed by atoms with Gasteiger partial charge in [0, 0.05) is 44.5 Å². The van der Waals surface area contributed by atoms with Crippen molar-refractivity contribution >= 4 is 30.7 Å². The van der Waals surface area contributed by atoms with E-state index in [1.165, 1.54) is 0 Å². The number of carbonyl (C=O) groups excluding carboxylic acids is 1. The van der Waals surface area contributed by atoms with Gasteiger partial charge in [0.15, 0.2) is 0 Å². The van der Waals surface area contributed by atoms with Gasteiger partial charge in [-0.05, 0) is 12.8 Å². The molecule has 18 heavy (non-hydrogen) atoms. The monoisotopic (exact) mass is 294 g/mol. The van der Waals surface area contributed by atoms with E-state index in [1.54, 1.807) is 12.5 Å². The highest BCUT2D eigenvalue weighted by Crippen LogP contribution is 2.09. The van der Waals surface area contributed by atoms with Gasteiger partial charge in [-0.15, -0.1) is 24.8 Å². The number of hydrogen-bond donors (Lipinski definition) is 1. The molecule has 1 unspecified atom stereocenters. The smallest absolute Gasteiger partial charge is 0.224 e. The summed E-state index contributed by atoms with van der Waals surface area (Å²) < 4.78 is 1.92. The number of aromatic nitrogens is 2. The zero-order valence-corrected chi connectivity index (χ0v) is 11.8. The molecule has 5 nitrogen and oxygen atoms in total. The average Bonchev–Trinajstić information content (AvgIpc) is 2.78. The molecule has 104 valence electrons. The van der Waals surface area contributed by atoms with Gasteiger partial charge in [-0.25, -0.2) is 4.98 Å². The Balaban J connectivity index is 0.00000144. The lowest BCUT2D eigenvalue weighted by Gasteiger charge is -2.30. The van der Waals surface area contributed by atoms with Crippen molar-refractivity contribution in [2.45, 2.75) is 31.8 Å². The Kier molecular flexibility index (Phi) is 7.98. The first-order valence-corrected chi connectivity index (χ1v) is 5.75. The molecule has 1 fully saturated rings. The molecule has 0 spiro atoms. The summed E-state index contributed by atoms with van der Waals surface area (Å²) in [5.41, 5.74) is 5.84. The number of halogens is 2. The van der Waals surface area contributed by atoms with E-state index >= 15 is 0 Å². The second kappa shape index (κ2) is 8.34. The maximum Gasteiger partial charge on any atom is 0.224 e. The van der Waals surface area contributed by atoms with Crippen molar-refractivity contribution < 1.29 is 4.79 Å². The van der Waals surface area contributed by atoms with Crippen LogP contribution in [0.15, 0.2) is 18.7 Å². The van der Waals surface area contributed by atoms with Crippen molar-refractivity contribution in [3.63, 3.8) is 0 Å². The molecule has 2 N–H and O–H groups in total. The number of carbonyl (C=O) groups is 1. The number of piperidine rings is 1. The summed E-state index contributed by atoms with van der Waals surface area (Å²) >= 11 is 0. The summed E-state index contributed by atoms with van der Waals surface area (Å²) in [6, 6.07) is 0.158. The molecule has 2 heterocycles. The van der Waals surface area contributed by atoms with E-state index in [0.29, 0.717) is 19.5 Å². The van der Waals surface area contributed by atoms with Crippen LogP contribution in [0.25, 0.3) is 0 Å². The normalized spacial score (nSPS) is 18.7. The molecule has 1 aliphatic rings. The quantitative estimate of drug-likeness (QED) is 0.907. The van der Waals surface area contributed by atoms with Crippen molar-refractivity contribution in [2.75, 3.05) is 13.1 Å². The van der Waals surface area contributed by atoms with Crippen LogP contribution in [0, 0.1) is 0 Å². The SMILES string of the molecule is Cl.Cl.NC1CCCN(C(=O)CCn2ccnc2)C1. The van der Waals surface area contributed by atoms with Crippen molar-refractivity contribution in [1.82, 2.24) is 14.5 Å². The van der Waals surface area contributed by atoms with E-state index in [0.717, 1.165) is 19.4 Å². The van der Waals surface area contributed by atoms with Crippen LogP contribution in [-0.4, -0.2) is 39.5 Å². The minimum absolute atomic E-state index is 0. The maximum atomic E-state index is 11.9. The summed E-state index contributed by atoms with van der Waals surface area (Å²) in [6.45, 7) is 2.27. The first-order valence-electron chi connectivity index (χ1n) is 5.75. The van der Waals surface area contributed by atoms with Crippen LogP contribution >= 0.6 is 24.8 Å². The van der Waals surface area contributed by atoms with Gasteiger partial charge < -0.3 is 15.2 Å². The van der Waals surface area contributed by atoms with Crippen LogP contribution in [0.5, 0.6) is 0 Å². The Morgan fingerprint density at radius 1 is 1.44 bits per heavy atom. The lowest BCUT2D eigenvalue weighted by molar-refractivity contribution is -0.132. The third-order valence-corrected chi connectivity index (χ3v) is 2.95. The number of nitrogens with two attached hydrogens (primary N) is 1. The summed E-state index contributed by atoms with van der Waals surface area (Å²) in [5.74, 6) is 0.198. The molecule has 1 saturated heterocycles. The number of likely N-dealkylation sites (tertiary alicyclic amines) is 1. The molecule has 1 aromatic heterocycles. The van der Waals surface area contributed by atoms with E-state index in [4.69, 9.17) is 5.73 Å². The second-order valence-corrected chi connectivity index (χ2v) is 4.29. The molecule has 0 bridgehead atoms. The van der Waals surface area contributed by atoms with Crippen molar-refractivity contribution in [1.29, 1.82) is 0 Å². The Morgan fingerprint density at radius 3 is 2.83 bits per heavy atom. The van der Waals surface area contributed by atoms with Crippen LogP contribution in [-0.2, 0) is 11.3 Å². The largest absolute Gasteiger partial charge is 0.341 e. The summed E-state index contributed by atoms with van der Waals surface area (Å²) in [5, 5.41) is 0. The van der Waals surface area contributed by atoms with E-state index < -0.39 is 0 Å². The molecule has 1 amide bonds. The molecular weight excluding hydrogens is 275 g/mol. The number of nitrogens with zero attached hydrogens (tertiary/aromatic N) is 3. The highest BCUT2D eigenvalue weighted by molar-refractivity contribution is 5.85. The molecule has 0 saturated carbocycles. The number of aryl methyl sites for hydroxylation is 1. The number of hydrogen-bond acceptors (Lipinski definition) is 3. The predicted molar refractivity (Wildman–Crippen MR) is 75.1 cm³/mol. The van der Waals surface area contributed by atoms with Gasteiger partial charge >= 0.3 is 0 Å². The van der Waals surface area contributed by atoms with Crippen LogP contribution in [0.4, 0.5) is 0 Å².